The van der Waals surface area contributed by atoms with Crippen molar-refractivity contribution in [2.75, 3.05) is 18.9 Å². The summed E-state index contributed by atoms with van der Waals surface area (Å²) >= 11 is 1.63. The maximum atomic E-state index is 12.2. The molecule has 5 nitrogen and oxygen atoms in total. The van der Waals surface area contributed by atoms with Gasteiger partial charge in [0.05, 0.1) is 18.9 Å². The summed E-state index contributed by atoms with van der Waals surface area (Å²) in [5, 5.41) is 5.04. The highest BCUT2D eigenvalue weighted by Crippen LogP contribution is 2.12. The summed E-state index contributed by atoms with van der Waals surface area (Å²) in [7, 11) is 1.77. The van der Waals surface area contributed by atoms with Crippen molar-refractivity contribution in [1.82, 2.24) is 14.9 Å². The molecule has 6 heteroatoms. The van der Waals surface area contributed by atoms with Crippen LogP contribution in [0.2, 0.25) is 0 Å². The van der Waals surface area contributed by atoms with E-state index in [9.17, 15) is 4.79 Å². The Kier molecular flexibility index (Phi) is 4.46. The average Bonchev–Trinajstić information content (AvgIpc) is 2.91. The SMILES string of the molecule is CCNc1cncc(C(=O)N(C)Cc2cccs2)n1. The summed E-state index contributed by atoms with van der Waals surface area (Å²) < 4.78 is 0. The number of hydrogen-bond acceptors (Lipinski definition) is 5. The van der Waals surface area contributed by atoms with Gasteiger partial charge in [-0.05, 0) is 18.4 Å². The summed E-state index contributed by atoms with van der Waals surface area (Å²) in [5.74, 6) is 0.499. The summed E-state index contributed by atoms with van der Waals surface area (Å²) in [6, 6.07) is 3.99. The molecule has 2 heterocycles. The molecule has 0 aromatic carbocycles. The van der Waals surface area contributed by atoms with Gasteiger partial charge in [-0.15, -0.1) is 11.3 Å². The van der Waals surface area contributed by atoms with Gasteiger partial charge in [-0.3, -0.25) is 9.78 Å². The summed E-state index contributed by atoms with van der Waals surface area (Å²) in [6.45, 7) is 3.31. The van der Waals surface area contributed by atoms with Crippen molar-refractivity contribution < 1.29 is 4.79 Å². The first kappa shape index (κ1) is 13.5. The first-order valence-corrected chi connectivity index (χ1v) is 6.92. The van der Waals surface area contributed by atoms with Gasteiger partial charge in [0.25, 0.3) is 5.91 Å². The molecule has 2 aromatic heterocycles. The van der Waals surface area contributed by atoms with Crippen LogP contribution in [0.3, 0.4) is 0 Å². The van der Waals surface area contributed by atoms with Gasteiger partial charge in [-0.25, -0.2) is 4.98 Å². The molecule has 0 saturated carbocycles. The Hall–Kier alpha value is -1.95. The smallest absolute Gasteiger partial charge is 0.274 e. The van der Waals surface area contributed by atoms with E-state index in [1.807, 2.05) is 24.4 Å². The van der Waals surface area contributed by atoms with Gasteiger partial charge in [0, 0.05) is 18.5 Å². The highest BCUT2D eigenvalue weighted by Gasteiger charge is 2.14. The number of anilines is 1. The third kappa shape index (κ3) is 3.51. The second kappa shape index (κ2) is 6.29. The first-order chi connectivity index (χ1) is 9.20. The molecule has 0 spiro atoms. The normalized spacial score (nSPS) is 10.2. The Morgan fingerprint density at radius 1 is 1.47 bits per heavy atom. The van der Waals surface area contributed by atoms with E-state index in [2.05, 4.69) is 15.3 Å². The van der Waals surface area contributed by atoms with Gasteiger partial charge in [-0.1, -0.05) is 6.07 Å². The molecule has 19 heavy (non-hydrogen) atoms. The molecule has 0 aliphatic carbocycles. The number of rotatable bonds is 5. The van der Waals surface area contributed by atoms with Gasteiger partial charge in [0.1, 0.15) is 11.5 Å². The van der Waals surface area contributed by atoms with Crippen LogP contribution < -0.4 is 5.32 Å². The van der Waals surface area contributed by atoms with Crippen molar-refractivity contribution in [2.24, 2.45) is 0 Å². The van der Waals surface area contributed by atoms with E-state index in [0.29, 0.717) is 18.1 Å². The zero-order chi connectivity index (χ0) is 13.7. The molecular weight excluding hydrogens is 260 g/mol. The fourth-order valence-electron chi connectivity index (χ4n) is 1.64. The van der Waals surface area contributed by atoms with E-state index in [1.54, 1.807) is 29.5 Å². The van der Waals surface area contributed by atoms with E-state index in [1.165, 1.54) is 6.20 Å². The van der Waals surface area contributed by atoms with Gasteiger partial charge in [0.2, 0.25) is 0 Å². The van der Waals surface area contributed by atoms with Crippen molar-refractivity contribution in [2.45, 2.75) is 13.5 Å². The molecular formula is C13H16N4OS. The number of carbonyl (C=O) groups excluding carboxylic acids is 1. The number of carbonyl (C=O) groups is 1. The fourth-order valence-corrected chi connectivity index (χ4v) is 2.40. The van der Waals surface area contributed by atoms with Crippen molar-refractivity contribution >= 4 is 23.1 Å². The number of hydrogen-bond donors (Lipinski definition) is 1. The van der Waals surface area contributed by atoms with Crippen LogP contribution in [-0.2, 0) is 6.54 Å². The van der Waals surface area contributed by atoms with Crippen LogP contribution in [0.5, 0.6) is 0 Å². The lowest BCUT2D eigenvalue weighted by molar-refractivity contribution is 0.0780. The van der Waals surface area contributed by atoms with Gasteiger partial charge in [-0.2, -0.15) is 0 Å². The van der Waals surface area contributed by atoms with Crippen LogP contribution in [0.25, 0.3) is 0 Å². The van der Waals surface area contributed by atoms with Crippen LogP contribution in [0.1, 0.15) is 22.3 Å². The van der Waals surface area contributed by atoms with E-state index in [4.69, 9.17) is 0 Å². The lowest BCUT2D eigenvalue weighted by Gasteiger charge is -2.15. The fraction of sp³-hybridized carbons (Fsp3) is 0.308. The van der Waals surface area contributed by atoms with E-state index < -0.39 is 0 Å². The second-order valence-corrected chi connectivity index (χ2v) is 5.09. The van der Waals surface area contributed by atoms with E-state index in [0.717, 1.165) is 11.4 Å². The van der Waals surface area contributed by atoms with Crippen molar-refractivity contribution in [1.29, 1.82) is 0 Å². The summed E-state index contributed by atoms with van der Waals surface area (Å²) in [5.41, 5.74) is 0.359. The van der Waals surface area contributed by atoms with Gasteiger partial charge in [0.15, 0.2) is 0 Å². The highest BCUT2D eigenvalue weighted by atomic mass is 32.1. The minimum atomic E-state index is -0.124. The second-order valence-electron chi connectivity index (χ2n) is 4.06. The third-order valence-electron chi connectivity index (χ3n) is 2.53. The highest BCUT2D eigenvalue weighted by molar-refractivity contribution is 7.09. The van der Waals surface area contributed by atoms with E-state index >= 15 is 0 Å². The molecule has 0 fully saturated rings. The van der Waals surface area contributed by atoms with Crippen LogP contribution in [0.4, 0.5) is 5.82 Å². The Morgan fingerprint density at radius 3 is 3.00 bits per heavy atom. The van der Waals surface area contributed by atoms with Crippen molar-refractivity contribution in [3.63, 3.8) is 0 Å². The maximum Gasteiger partial charge on any atom is 0.274 e. The minimum absolute atomic E-state index is 0.124. The monoisotopic (exact) mass is 276 g/mol. The quantitative estimate of drug-likeness (QED) is 0.910. The van der Waals surface area contributed by atoms with Crippen LogP contribution in [-0.4, -0.2) is 34.4 Å². The molecule has 0 atom stereocenters. The summed E-state index contributed by atoms with van der Waals surface area (Å²) in [6.07, 6.45) is 3.10. The third-order valence-corrected chi connectivity index (χ3v) is 3.39. The molecule has 0 bridgehead atoms. The topological polar surface area (TPSA) is 58.1 Å². The standard InChI is InChI=1S/C13H16N4OS/c1-3-15-12-8-14-7-11(16-12)13(18)17(2)9-10-5-4-6-19-10/h4-8H,3,9H2,1-2H3,(H,15,16). The number of nitrogens with one attached hydrogen (secondary N) is 1. The zero-order valence-corrected chi connectivity index (χ0v) is 11.8. The average molecular weight is 276 g/mol. The summed E-state index contributed by atoms with van der Waals surface area (Å²) in [4.78, 5) is 23.3. The van der Waals surface area contributed by atoms with Crippen LogP contribution >= 0.6 is 11.3 Å². The Bertz CT molecular complexity index is 541. The Balaban J connectivity index is 2.08. The number of nitrogens with zero attached hydrogens (tertiary/aromatic N) is 3. The number of aromatic nitrogens is 2. The predicted molar refractivity (Wildman–Crippen MR) is 76.3 cm³/mol. The lowest BCUT2D eigenvalue weighted by atomic mass is 10.3. The van der Waals surface area contributed by atoms with Crippen LogP contribution in [0.15, 0.2) is 29.9 Å². The largest absolute Gasteiger partial charge is 0.369 e. The molecule has 100 valence electrons. The van der Waals surface area contributed by atoms with Gasteiger partial charge >= 0.3 is 0 Å². The zero-order valence-electron chi connectivity index (χ0n) is 11.0. The van der Waals surface area contributed by atoms with Crippen LogP contribution in [0, 0.1) is 0 Å². The Labute approximate surface area is 116 Å². The molecule has 0 unspecified atom stereocenters. The molecule has 0 radical (unpaired) electrons. The molecule has 1 N–H and O–H groups in total. The first-order valence-electron chi connectivity index (χ1n) is 6.04. The predicted octanol–water partition coefficient (Wildman–Crippen LogP) is 2.24. The molecule has 0 aliphatic heterocycles. The van der Waals surface area contributed by atoms with Crippen molar-refractivity contribution in [3.8, 4) is 0 Å². The van der Waals surface area contributed by atoms with Gasteiger partial charge < -0.3 is 10.2 Å². The molecule has 0 aliphatic rings. The molecule has 1 amide bonds. The number of thiophene rings is 1. The number of amides is 1. The minimum Gasteiger partial charge on any atom is -0.369 e. The molecule has 2 aromatic rings. The Morgan fingerprint density at radius 2 is 2.32 bits per heavy atom. The lowest BCUT2D eigenvalue weighted by Crippen LogP contribution is -2.27. The van der Waals surface area contributed by atoms with E-state index in [-0.39, 0.29) is 5.91 Å². The molecule has 2 rings (SSSR count). The maximum absolute atomic E-state index is 12.2. The molecule has 0 saturated heterocycles. The van der Waals surface area contributed by atoms with Crippen molar-refractivity contribution in [3.05, 3.63) is 40.5 Å².